The lowest BCUT2D eigenvalue weighted by Gasteiger charge is -2.19. The lowest BCUT2D eigenvalue weighted by molar-refractivity contribution is -0.122. The SMILES string of the molecule is CCCC(C)NC(=O)CN1C(=O)C(=O)c2cccc(C)c21. The fourth-order valence-corrected chi connectivity index (χ4v) is 2.66. The third-order valence-electron chi connectivity index (χ3n) is 3.62. The van der Waals surface area contributed by atoms with E-state index < -0.39 is 11.7 Å². The lowest BCUT2D eigenvalue weighted by atomic mass is 10.1. The minimum Gasteiger partial charge on any atom is -0.352 e. The van der Waals surface area contributed by atoms with Crippen molar-refractivity contribution in [1.82, 2.24) is 5.32 Å². The second-order valence-corrected chi connectivity index (χ2v) is 5.45. The molecule has 0 spiro atoms. The van der Waals surface area contributed by atoms with Gasteiger partial charge in [-0.05, 0) is 31.9 Å². The number of carbonyl (C=O) groups is 3. The average molecular weight is 288 g/mol. The molecule has 0 radical (unpaired) electrons. The van der Waals surface area contributed by atoms with Gasteiger partial charge in [-0.2, -0.15) is 0 Å². The summed E-state index contributed by atoms with van der Waals surface area (Å²) in [6.45, 7) is 5.69. The quantitative estimate of drug-likeness (QED) is 0.841. The van der Waals surface area contributed by atoms with Crippen molar-refractivity contribution in [3.63, 3.8) is 0 Å². The second kappa shape index (κ2) is 6.08. The first-order chi connectivity index (χ1) is 9.95. The summed E-state index contributed by atoms with van der Waals surface area (Å²) in [7, 11) is 0. The molecule has 21 heavy (non-hydrogen) atoms. The van der Waals surface area contributed by atoms with Crippen LogP contribution in [0.5, 0.6) is 0 Å². The number of carbonyl (C=O) groups excluding carboxylic acids is 3. The first kappa shape index (κ1) is 15.2. The van der Waals surface area contributed by atoms with E-state index in [1.54, 1.807) is 12.1 Å². The Hall–Kier alpha value is -2.17. The molecule has 5 nitrogen and oxygen atoms in total. The van der Waals surface area contributed by atoms with Crippen molar-refractivity contribution in [2.45, 2.75) is 39.7 Å². The Morgan fingerprint density at radius 2 is 2.05 bits per heavy atom. The van der Waals surface area contributed by atoms with Crippen LogP contribution in [0.1, 0.15) is 42.6 Å². The number of Topliss-reactive ketones (excluding diaryl/α,β-unsaturated/α-hetero) is 1. The van der Waals surface area contributed by atoms with Crippen LogP contribution in [0, 0.1) is 6.92 Å². The van der Waals surface area contributed by atoms with Crippen molar-refractivity contribution in [2.75, 3.05) is 11.4 Å². The molecule has 0 aliphatic carbocycles. The predicted octanol–water partition coefficient (Wildman–Crippen LogP) is 1.83. The summed E-state index contributed by atoms with van der Waals surface area (Å²) in [4.78, 5) is 37.3. The molecule has 5 heteroatoms. The van der Waals surface area contributed by atoms with E-state index in [0.717, 1.165) is 18.4 Å². The largest absolute Gasteiger partial charge is 0.352 e. The number of hydrogen-bond donors (Lipinski definition) is 1. The number of nitrogens with zero attached hydrogens (tertiary/aromatic N) is 1. The number of rotatable bonds is 5. The van der Waals surface area contributed by atoms with Gasteiger partial charge in [0.25, 0.3) is 11.7 Å². The molecule has 1 heterocycles. The number of ketones is 1. The molecule has 0 bridgehead atoms. The van der Waals surface area contributed by atoms with Gasteiger partial charge in [-0.15, -0.1) is 0 Å². The summed E-state index contributed by atoms with van der Waals surface area (Å²) >= 11 is 0. The van der Waals surface area contributed by atoms with Gasteiger partial charge >= 0.3 is 0 Å². The molecule has 1 aromatic rings. The topological polar surface area (TPSA) is 66.5 Å². The molecule has 2 amide bonds. The molecule has 1 N–H and O–H groups in total. The van der Waals surface area contributed by atoms with Crippen LogP contribution in [0.3, 0.4) is 0 Å². The van der Waals surface area contributed by atoms with Crippen LogP contribution in [0.4, 0.5) is 5.69 Å². The summed E-state index contributed by atoms with van der Waals surface area (Å²) in [6, 6.07) is 5.26. The van der Waals surface area contributed by atoms with Crippen LogP contribution >= 0.6 is 0 Å². The van der Waals surface area contributed by atoms with Crippen LogP contribution in [-0.4, -0.2) is 30.2 Å². The van der Waals surface area contributed by atoms with Gasteiger partial charge in [0.15, 0.2) is 0 Å². The third-order valence-corrected chi connectivity index (χ3v) is 3.62. The van der Waals surface area contributed by atoms with Crippen LogP contribution in [-0.2, 0) is 9.59 Å². The normalized spacial score (nSPS) is 15.1. The standard InChI is InChI=1S/C16H20N2O3/c1-4-6-11(3)17-13(19)9-18-14-10(2)7-5-8-12(14)15(20)16(18)21/h5,7-8,11H,4,6,9H2,1-3H3,(H,17,19). The second-order valence-electron chi connectivity index (χ2n) is 5.45. The highest BCUT2D eigenvalue weighted by Gasteiger charge is 2.37. The van der Waals surface area contributed by atoms with Gasteiger partial charge in [0.05, 0.1) is 11.3 Å². The van der Waals surface area contributed by atoms with E-state index in [1.807, 2.05) is 26.8 Å². The zero-order valence-electron chi connectivity index (χ0n) is 12.6. The number of hydrogen-bond acceptors (Lipinski definition) is 3. The summed E-state index contributed by atoms with van der Waals surface area (Å²) in [5, 5.41) is 2.85. The number of fused-ring (bicyclic) bond motifs is 1. The van der Waals surface area contributed by atoms with Gasteiger partial charge in [0, 0.05) is 6.04 Å². The fourth-order valence-electron chi connectivity index (χ4n) is 2.66. The Labute approximate surface area is 124 Å². The molecular formula is C16H20N2O3. The monoisotopic (exact) mass is 288 g/mol. The van der Waals surface area contributed by atoms with Crippen molar-refractivity contribution in [3.05, 3.63) is 29.3 Å². The Balaban J connectivity index is 2.17. The van der Waals surface area contributed by atoms with Crippen LogP contribution in [0.15, 0.2) is 18.2 Å². The van der Waals surface area contributed by atoms with Crippen molar-refractivity contribution in [2.24, 2.45) is 0 Å². The third kappa shape index (κ3) is 2.96. The van der Waals surface area contributed by atoms with Crippen molar-refractivity contribution in [1.29, 1.82) is 0 Å². The van der Waals surface area contributed by atoms with Crippen LogP contribution in [0.2, 0.25) is 0 Å². The molecule has 2 rings (SSSR count). The van der Waals surface area contributed by atoms with Gasteiger partial charge in [0.1, 0.15) is 6.54 Å². The predicted molar refractivity (Wildman–Crippen MR) is 80.4 cm³/mol. The van der Waals surface area contributed by atoms with Gasteiger partial charge in [-0.3, -0.25) is 19.3 Å². The smallest absolute Gasteiger partial charge is 0.299 e. The maximum absolute atomic E-state index is 12.1. The Morgan fingerprint density at radius 1 is 1.33 bits per heavy atom. The van der Waals surface area contributed by atoms with E-state index in [0.29, 0.717) is 11.3 Å². The zero-order chi connectivity index (χ0) is 15.6. The molecule has 0 fully saturated rings. The van der Waals surface area contributed by atoms with Gasteiger partial charge < -0.3 is 5.32 Å². The molecular weight excluding hydrogens is 268 g/mol. The van der Waals surface area contributed by atoms with E-state index in [2.05, 4.69) is 5.32 Å². The van der Waals surface area contributed by atoms with Gasteiger partial charge in [-0.1, -0.05) is 25.5 Å². The molecule has 1 aliphatic rings. The lowest BCUT2D eigenvalue weighted by Crippen LogP contribution is -2.43. The van der Waals surface area contributed by atoms with Crippen molar-refractivity contribution < 1.29 is 14.4 Å². The molecule has 1 atom stereocenters. The number of benzene rings is 1. The minimum absolute atomic E-state index is 0.0623. The van der Waals surface area contributed by atoms with Crippen LogP contribution < -0.4 is 10.2 Å². The summed E-state index contributed by atoms with van der Waals surface area (Å²) in [6.07, 6.45) is 1.86. The Morgan fingerprint density at radius 3 is 2.71 bits per heavy atom. The maximum atomic E-state index is 12.1. The first-order valence-corrected chi connectivity index (χ1v) is 7.20. The van der Waals surface area contributed by atoms with Crippen LogP contribution in [0.25, 0.3) is 0 Å². The minimum atomic E-state index is -0.627. The number of anilines is 1. The molecule has 0 aromatic heterocycles. The molecule has 1 unspecified atom stereocenters. The van der Waals surface area contributed by atoms with Crippen molar-refractivity contribution in [3.8, 4) is 0 Å². The van der Waals surface area contributed by atoms with Gasteiger partial charge in [-0.25, -0.2) is 0 Å². The maximum Gasteiger partial charge on any atom is 0.299 e. The van der Waals surface area contributed by atoms with E-state index in [9.17, 15) is 14.4 Å². The Bertz CT molecular complexity index is 595. The number of aryl methyl sites for hydroxylation is 1. The number of para-hydroxylation sites is 1. The van der Waals surface area contributed by atoms with E-state index in [1.165, 1.54) is 4.90 Å². The highest BCUT2D eigenvalue weighted by molar-refractivity contribution is 6.52. The average Bonchev–Trinajstić information content (AvgIpc) is 2.65. The molecule has 1 aliphatic heterocycles. The fraction of sp³-hybridized carbons (Fsp3) is 0.438. The number of nitrogens with one attached hydrogen (secondary N) is 1. The first-order valence-electron chi connectivity index (χ1n) is 7.20. The highest BCUT2D eigenvalue weighted by Crippen LogP contribution is 2.31. The summed E-state index contributed by atoms with van der Waals surface area (Å²) in [5.74, 6) is -1.41. The van der Waals surface area contributed by atoms with E-state index in [-0.39, 0.29) is 18.5 Å². The molecule has 0 saturated carbocycles. The molecule has 1 aromatic carbocycles. The van der Waals surface area contributed by atoms with Crippen molar-refractivity contribution >= 4 is 23.3 Å². The van der Waals surface area contributed by atoms with Gasteiger partial charge in [0.2, 0.25) is 5.91 Å². The molecule has 112 valence electrons. The van der Waals surface area contributed by atoms with E-state index in [4.69, 9.17) is 0 Å². The molecule has 0 saturated heterocycles. The number of amides is 2. The Kier molecular flexibility index (Phi) is 4.40. The zero-order valence-corrected chi connectivity index (χ0v) is 12.6. The summed E-state index contributed by atoms with van der Waals surface area (Å²) in [5.41, 5.74) is 1.77. The van der Waals surface area contributed by atoms with E-state index >= 15 is 0 Å². The highest BCUT2D eigenvalue weighted by atomic mass is 16.2. The summed E-state index contributed by atoms with van der Waals surface area (Å²) < 4.78 is 0.